The largest absolute Gasteiger partial charge is 0.392 e. The molecule has 0 atom stereocenters. The van der Waals surface area contributed by atoms with Crippen LogP contribution >= 0.6 is 0 Å². The molecule has 1 saturated carbocycles. The number of H-pyrrole nitrogens is 1. The monoisotopic (exact) mass is 478 g/mol. The molecule has 10 heteroatoms. The first-order valence-corrected chi connectivity index (χ1v) is 12.1. The SMILES string of the molecule is O=C(Nc1nc2ccc(OS(=O)(=O)c3ccc(Nc4ccccc4CO)cc3)cc2[nH]1)C1CC1. The van der Waals surface area contributed by atoms with Gasteiger partial charge in [0.25, 0.3) is 0 Å². The number of aliphatic hydroxyl groups excluding tert-OH is 1. The molecule has 9 nitrogen and oxygen atoms in total. The Labute approximate surface area is 195 Å². The van der Waals surface area contributed by atoms with E-state index >= 15 is 0 Å². The fourth-order valence-electron chi connectivity index (χ4n) is 3.48. The summed E-state index contributed by atoms with van der Waals surface area (Å²) in [7, 11) is -4.07. The number of rotatable bonds is 8. The second-order valence-electron chi connectivity index (χ2n) is 8.03. The molecule has 4 aromatic rings. The number of imidazole rings is 1. The third-order valence-corrected chi connectivity index (χ3v) is 6.72. The van der Waals surface area contributed by atoms with Gasteiger partial charge in [-0.05, 0) is 55.3 Å². The van der Waals surface area contributed by atoms with Gasteiger partial charge in [-0.15, -0.1) is 0 Å². The van der Waals surface area contributed by atoms with E-state index in [1.807, 2.05) is 18.2 Å². The molecule has 5 rings (SSSR count). The number of amides is 1. The highest BCUT2D eigenvalue weighted by Crippen LogP contribution is 2.30. The van der Waals surface area contributed by atoms with Gasteiger partial charge < -0.3 is 19.6 Å². The molecule has 0 spiro atoms. The van der Waals surface area contributed by atoms with Crippen LogP contribution in [0.2, 0.25) is 0 Å². The first-order valence-electron chi connectivity index (χ1n) is 10.7. The summed E-state index contributed by atoms with van der Waals surface area (Å²) in [6.45, 7) is -0.113. The van der Waals surface area contributed by atoms with Gasteiger partial charge in [0.1, 0.15) is 10.6 Å². The number of anilines is 3. The Bertz CT molecular complexity index is 1460. The number of aliphatic hydroxyl groups is 1. The molecule has 0 bridgehead atoms. The zero-order chi connectivity index (χ0) is 23.7. The van der Waals surface area contributed by atoms with Crippen LogP contribution in [0.3, 0.4) is 0 Å². The van der Waals surface area contributed by atoms with Gasteiger partial charge >= 0.3 is 10.1 Å². The molecule has 0 saturated heterocycles. The van der Waals surface area contributed by atoms with Crippen molar-refractivity contribution >= 4 is 44.4 Å². The van der Waals surface area contributed by atoms with E-state index in [2.05, 4.69) is 20.6 Å². The van der Waals surface area contributed by atoms with Crippen molar-refractivity contribution in [1.82, 2.24) is 9.97 Å². The van der Waals surface area contributed by atoms with Crippen LogP contribution in [0, 0.1) is 5.92 Å². The number of hydrogen-bond acceptors (Lipinski definition) is 7. The third kappa shape index (κ3) is 4.73. The van der Waals surface area contributed by atoms with Gasteiger partial charge in [-0.1, -0.05) is 18.2 Å². The lowest BCUT2D eigenvalue weighted by molar-refractivity contribution is -0.117. The standard InChI is InChI=1S/C24H22N4O5S/c29-14-16-3-1-2-4-20(16)25-17-7-10-19(11-8-17)34(31,32)33-18-9-12-21-22(13-18)27-24(26-21)28-23(30)15-5-6-15/h1-4,7-13,15,25,29H,5-6,14H2,(H2,26,27,28,30). The van der Waals surface area contributed by atoms with Crippen LogP contribution in [0.25, 0.3) is 11.0 Å². The van der Waals surface area contributed by atoms with Crippen molar-refractivity contribution in [2.45, 2.75) is 24.3 Å². The fourth-order valence-corrected chi connectivity index (χ4v) is 4.40. The molecule has 1 heterocycles. The molecular weight excluding hydrogens is 456 g/mol. The average molecular weight is 479 g/mol. The van der Waals surface area contributed by atoms with E-state index in [4.69, 9.17) is 4.18 Å². The molecule has 3 aromatic carbocycles. The second-order valence-corrected chi connectivity index (χ2v) is 9.58. The average Bonchev–Trinajstić information content (AvgIpc) is 3.60. The van der Waals surface area contributed by atoms with E-state index in [0.29, 0.717) is 22.7 Å². The number of carbonyl (C=O) groups is 1. The minimum absolute atomic E-state index is 0.00409. The predicted octanol–water partition coefficient (Wildman–Crippen LogP) is 3.92. The molecular formula is C24H22N4O5S. The highest BCUT2D eigenvalue weighted by Gasteiger charge is 2.30. The molecule has 0 unspecified atom stereocenters. The fraction of sp³-hybridized carbons (Fsp3) is 0.167. The van der Waals surface area contributed by atoms with Gasteiger partial charge in [0.2, 0.25) is 11.9 Å². The minimum atomic E-state index is -4.07. The molecule has 4 N–H and O–H groups in total. The van der Waals surface area contributed by atoms with E-state index in [9.17, 15) is 18.3 Å². The van der Waals surface area contributed by atoms with Crippen molar-refractivity contribution in [2.24, 2.45) is 5.92 Å². The maximum absolute atomic E-state index is 12.8. The van der Waals surface area contributed by atoms with Gasteiger partial charge in [-0.3, -0.25) is 10.1 Å². The van der Waals surface area contributed by atoms with Crippen LogP contribution in [0.1, 0.15) is 18.4 Å². The summed E-state index contributed by atoms with van der Waals surface area (Å²) in [6, 6.07) is 18.1. The zero-order valence-electron chi connectivity index (χ0n) is 18.0. The number of aromatic amines is 1. The molecule has 1 aliphatic rings. The Morgan fingerprint density at radius 3 is 2.59 bits per heavy atom. The van der Waals surface area contributed by atoms with Gasteiger partial charge in [-0.2, -0.15) is 8.42 Å². The van der Waals surface area contributed by atoms with Crippen molar-refractivity contribution in [3.63, 3.8) is 0 Å². The Kier molecular flexibility index (Phi) is 5.68. The van der Waals surface area contributed by atoms with E-state index < -0.39 is 10.1 Å². The Balaban J connectivity index is 1.30. The number of carbonyl (C=O) groups excluding carboxylic acids is 1. The first kappa shape index (κ1) is 21.9. The number of para-hydroxylation sites is 1. The van der Waals surface area contributed by atoms with Gasteiger partial charge in [0.05, 0.1) is 17.6 Å². The predicted molar refractivity (Wildman–Crippen MR) is 127 cm³/mol. The number of benzene rings is 3. The topological polar surface area (TPSA) is 133 Å². The van der Waals surface area contributed by atoms with Gasteiger partial charge in [-0.25, -0.2) is 4.98 Å². The molecule has 1 fully saturated rings. The number of nitrogens with zero attached hydrogens (tertiary/aromatic N) is 1. The zero-order valence-corrected chi connectivity index (χ0v) is 18.8. The van der Waals surface area contributed by atoms with Gasteiger partial charge in [0.15, 0.2) is 0 Å². The van der Waals surface area contributed by atoms with Crippen molar-refractivity contribution in [3.8, 4) is 5.75 Å². The van der Waals surface area contributed by atoms with E-state index in [1.54, 1.807) is 24.3 Å². The first-order chi connectivity index (χ1) is 16.4. The third-order valence-electron chi connectivity index (χ3n) is 5.46. The quantitative estimate of drug-likeness (QED) is 0.282. The van der Waals surface area contributed by atoms with Gasteiger partial charge in [0, 0.05) is 28.9 Å². The number of fused-ring (bicyclic) bond motifs is 1. The second kappa shape index (κ2) is 8.81. The lowest BCUT2D eigenvalue weighted by Gasteiger charge is -2.11. The Morgan fingerprint density at radius 2 is 1.85 bits per heavy atom. The summed E-state index contributed by atoms with van der Waals surface area (Å²) < 4.78 is 30.9. The van der Waals surface area contributed by atoms with Crippen LogP contribution < -0.4 is 14.8 Å². The number of hydrogen-bond donors (Lipinski definition) is 4. The lowest BCUT2D eigenvalue weighted by Crippen LogP contribution is -2.14. The summed E-state index contributed by atoms with van der Waals surface area (Å²) in [5.41, 5.74) is 3.25. The van der Waals surface area contributed by atoms with E-state index in [1.165, 1.54) is 24.3 Å². The maximum Gasteiger partial charge on any atom is 0.339 e. The smallest absolute Gasteiger partial charge is 0.339 e. The van der Waals surface area contributed by atoms with E-state index in [0.717, 1.165) is 24.1 Å². The van der Waals surface area contributed by atoms with E-state index in [-0.39, 0.29) is 29.1 Å². The molecule has 0 aliphatic heterocycles. The molecule has 34 heavy (non-hydrogen) atoms. The summed E-state index contributed by atoms with van der Waals surface area (Å²) in [4.78, 5) is 19.2. The Morgan fingerprint density at radius 1 is 1.09 bits per heavy atom. The number of aromatic nitrogens is 2. The lowest BCUT2D eigenvalue weighted by atomic mass is 10.2. The van der Waals surface area contributed by atoms with Crippen LogP contribution in [-0.2, 0) is 21.5 Å². The summed E-state index contributed by atoms with van der Waals surface area (Å²) in [5, 5.41) is 15.4. The molecule has 1 aromatic heterocycles. The van der Waals surface area contributed by atoms with Crippen LogP contribution in [0.5, 0.6) is 5.75 Å². The highest BCUT2D eigenvalue weighted by molar-refractivity contribution is 7.87. The molecule has 1 aliphatic carbocycles. The van der Waals surface area contributed by atoms with Crippen LogP contribution in [0.4, 0.5) is 17.3 Å². The molecule has 1 amide bonds. The normalized spacial score (nSPS) is 13.6. The number of nitrogens with one attached hydrogen (secondary N) is 3. The van der Waals surface area contributed by atoms with Crippen molar-refractivity contribution < 1.29 is 22.5 Å². The summed E-state index contributed by atoms with van der Waals surface area (Å²) in [6.07, 6.45) is 1.77. The maximum atomic E-state index is 12.8. The summed E-state index contributed by atoms with van der Waals surface area (Å²) in [5.74, 6) is 0.409. The highest BCUT2D eigenvalue weighted by atomic mass is 32.2. The van der Waals surface area contributed by atoms with Crippen molar-refractivity contribution in [2.75, 3.05) is 10.6 Å². The summed E-state index contributed by atoms with van der Waals surface area (Å²) >= 11 is 0. The molecule has 174 valence electrons. The minimum Gasteiger partial charge on any atom is -0.392 e. The van der Waals surface area contributed by atoms with Crippen molar-refractivity contribution in [3.05, 3.63) is 72.3 Å². The van der Waals surface area contributed by atoms with Crippen molar-refractivity contribution in [1.29, 1.82) is 0 Å². The Hall–Kier alpha value is -3.89. The van der Waals surface area contributed by atoms with Crippen LogP contribution in [0.15, 0.2) is 71.6 Å². The van der Waals surface area contributed by atoms with Crippen LogP contribution in [-0.4, -0.2) is 29.4 Å². The molecule has 0 radical (unpaired) electrons.